The molecular formula is C21H20BrN5O6S2. The number of ether oxygens (including phenoxy) is 3. The molecule has 0 saturated carbocycles. The Kier molecular flexibility index (Phi) is 8.43. The van der Waals surface area contributed by atoms with Gasteiger partial charge in [0.05, 0.1) is 30.7 Å². The molecule has 3 rings (SSSR count). The average Bonchev–Trinajstić information content (AvgIpc) is 2.83. The topological polar surface area (TPSA) is 141 Å². The third-order valence-corrected chi connectivity index (χ3v) is 6.57. The summed E-state index contributed by atoms with van der Waals surface area (Å²) in [6.07, 6.45) is 0. The van der Waals surface area contributed by atoms with Crippen LogP contribution in [-0.2, 0) is 10.0 Å². The number of carbonyl (C=O) groups is 1. The van der Waals surface area contributed by atoms with Crippen molar-refractivity contribution in [2.45, 2.75) is 4.90 Å². The second-order valence-corrected chi connectivity index (χ2v) is 9.61. The number of nitrogens with one attached hydrogen (secondary N) is 3. The third-order valence-electron chi connectivity index (χ3n) is 4.38. The summed E-state index contributed by atoms with van der Waals surface area (Å²) in [4.78, 5) is 20.3. The number of sulfonamides is 1. The summed E-state index contributed by atoms with van der Waals surface area (Å²) in [6.45, 7) is 0. The molecule has 11 nitrogen and oxygen atoms in total. The summed E-state index contributed by atoms with van der Waals surface area (Å²) >= 11 is 8.51. The Balaban J connectivity index is 1.65. The lowest BCUT2D eigenvalue weighted by Gasteiger charge is -2.12. The standard InChI is InChI=1S/C21H20BrN5O6S2/c1-31-16-9-4-12(10-15(16)22)19(28)26-21(34)23-13-5-7-14(8-6-13)35(29,30)27-17-11-18(32-2)25-20(24-17)33-3/h4-11H,1-3H3,(H,24,25,27)(H2,23,26,28,34). The van der Waals surface area contributed by atoms with Crippen LogP contribution in [0.1, 0.15) is 10.4 Å². The van der Waals surface area contributed by atoms with Crippen LogP contribution in [-0.4, -0.2) is 50.7 Å². The highest BCUT2D eigenvalue weighted by Crippen LogP contribution is 2.25. The van der Waals surface area contributed by atoms with Crippen LogP contribution in [0.5, 0.6) is 17.6 Å². The SMILES string of the molecule is COc1cc(NS(=O)(=O)c2ccc(NC(=S)NC(=O)c3ccc(OC)c(Br)c3)cc2)nc(OC)n1. The van der Waals surface area contributed by atoms with Gasteiger partial charge in [-0.25, -0.2) is 8.42 Å². The number of nitrogens with zero attached hydrogens (tertiary/aromatic N) is 2. The third kappa shape index (κ3) is 6.77. The molecule has 0 aliphatic heterocycles. The van der Waals surface area contributed by atoms with Crippen molar-refractivity contribution >= 4 is 60.7 Å². The van der Waals surface area contributed by atoms with E-state index < -0.39 is 15.9 Å². The number of benzene rings is 2. The quantitative estimate of drug-likeness (QED) is 0.339. The zero-order valence-electron chi connectivity index (χ0n) is 18.7. The maximum absolute atomic E-state index is 12.7. The molecule has 0 radical (unpaired) electrons. The molecule has 0 fully saturated rings. The fourth-order valence-corrected chi connectivity index (χ4v) is 4.45. The van der Waals surface area contributed by atoms with Crippen LogP contribution < -0.4 is 29.6 Å². The van der Waals surface area contributed by atoms with E-state index in [1.807, 2.05) is 0 Å². The van der Waals surface area contributed by atoms with Crippen LogP contribution in [0.2, 0.25) is 0 Å². The Bertz CT molecular complexity index is 1330. The number of halogens is 1. The van der Waals surface area contributed by atoms with Crippen LogP contribution in [0, 0.1) is 0 Å². The van der Waals surface area contributed by atoms with E-state index >= 15 is 0 Å². The van der Waals surface area contributed by atoms with E-state index in [-0.39, 0.29) is 27.7 Å². The van der Waals surface area contributed by atoms with Gasteiger partial charge in [0.15, 0.2) is 10.9 Å². The second kappa shape index (κ2) is 11.3. The fraction of sp³-hybridized carbons (Fsp3) is 0.143. The van der Waals surface area contributed by atoms with Crippen molar-refractivity contribution in [3.8, 4) is 17.6 Å². The van der Waals surface area contributed by atoms with Crippen LogP contribution in [0.15, 0.2) is 57.9 Å². The van der Waals surface area contributed by atoms with Crippen molar-refractivity contribution in [2.75, 3.05) is 31.4 Å². The lowest BCUT2D eigenvalue weighted by molar-refractivity contribution is 0.0977. The molecule has 1 heterocycles. The van der Waals surface area contributed by atoms with E-state index in [1.54, 1.807) is 18.2 Å². The number of aromatic nitrogens is 2. The monoisotopic (exact) mass is 581 g/mol. The smallest absolute Gasteiger partial charge is 0.321 e. The summed E-state index contributed by atoms with van der Waals surface area (Å²) in [5.41, 5.74) is 0.836. The first-order valence-corrected chi connectivity index (χ1v) is 12.4. The van der Waals surface area contributed by atoms with Crippen LogP contribution >= 0.6 is 28.1 Å². The zero-order valence-corrected chi connectivity index (χ0v) is 21.9. The summed E-state index contributed by atoms with van der Waals surface area (Å²) in [5.74, 6) is 0.270. The first-order valence-electron chi connectivity index (χ1n) is 9.71. The van der Waals surface area contributed by atoms with Crippen molar-refractivity contribution in [2.24, 2.45) is 0 Å². The molecule has 0 spiro atoms. The highest BCUT2D eigenvalue weighted by molar-refractivity contribution is 9.10. The number of anilines is 2. The Labute approximate surface area is 215 Å². The number of rotatable bonds is 8. The van der Waals surface area contributed by atoms with Crippen molar-refractivity contribution < 1.29 is 27.4 Å². The van der Waals surface area contributed by atoms with Gasteiger partial charge in [0.1, 0.15) is 5.75 Å². The van der Waals surface area contributed by atoms with Gasteiger partial charge in [-0.1, -0.05) is 0 Å². The van der Waals surface area contributed by atoms with Gasteiger partial charge in [0.25, 0.3) is 15.9 Å². The normalized spacial score (nSPS) is 10.7. The molecule has 0 saturated heterocycles. The van der Waals surface area contributed by atoms with Crippen molar-refractivity contribution in [1.29, 1.82) is 0 Å². The van der Waals surface area contributed by atoms with Gasteiger partial charge in [-0.3, -0.25) is 14.8 Å². The van der Waals surface area contributed by atoms with Gasteiger partial charge in [-0.05, 0) is 70.6 Å². The Morgan fingerprint density at radius 2 is 1.69 bits per heavy atom. The number of hydrogen-bond donors (Lipinski definition) is 3. The van der Waals surface area contributed by atoms with Gasteiger partial charge in [0, 0.05) is 17.3 Å². The molecular weight excluding hydrogens is 562 g/mol. The van der Waals surface area contributed by atoms with Gasteiger partial charge >= 0.3 is 6.01 Å². The molecule has 184 valence electrons. The summed E-state index contributed by atoms with van der Waals surface area (Å²) in [6, 6.07) is 11.8. The summed E-state index contributed by atoms with van der Waals surface area (Å²) in [7, 11) is 0.286. The van der Waals surface area contributed by atoms with Gasteiger partial charge in [0.2, 0.25) is 5.88 Å². The highest BCUT2D eigenvalue weighted by Gasteiger charge is 2.17. The summed E-state index contributed by atoms with van der Waals surface area (Å²) in [5, 5.41) is 5.43. The predicted molar refractivity (Wildman–Crippen MR) is 137 cm³/mol. The number of amides is 1. The Hall–Kier alpha value is -3.49. The minimum atomic E-state index is -3.97. The summed E-state index contributed by atoms with van der Waals surface area (Å²) < 4.78 is 43.6. The molecule has 1 aromatic heterocycles. The molecule has 0 aliphatic carbocycles. The molecule has 2 aromatic carbocycles. The van der Waals surface area contributed by atoms with Crippen LogP contribution in [0.25, 0.3) is 0 Å². The minimum absolute atomic E-state index is 0.0232. The lowest BCUT2D eigenvalue weighted by Crippen LogP contribution is -2.34. The van der Waals surface area contributed by atoms with Crippen molar-refractivity contribution in [3.63, 3.8) is 0 Å². The van der Waals surface area contributed by atoms with E-state index in [9.17, 15) is 13.2 Å². The maximum Gasteiger partial charge on any atom is 0.321 e. The van der Waals surface area contributed by atoms with E-state index in [0.717, 1.165) is 0 Å². The Morgan fingerprint density at radius 1 is 0.971 bits per heavy atom. The predicted octanol–water partition coefficient (Wildman–Crippen LogP) is 3.19. The van der Waals surface area contributed by atoms with E-state index in [1.165, 1.54) is 51.7 Å². The minimum Gasteiger partial charge on any atom is -0.496 e. The molecule has 0 bridgehead atoms. The van der Waals surface area contributed by atoms with E-state index in [4.69, 9.17) is 26.4 Å². The second-order valence-electron chi connectivity index (χ2n) is 6.67. The number of methoxy groups -OCH3 is 3. The first kappa shape index (κ1) is 26.1. The zero-order chi connectivity index (χ0) is 25.6. The highest BCUT2D eigenvalue weighted by atomic mass is 79.9. The largest absolute Gasteiger partial charge is 0.496 e. The van der Waals surface area contributed by atoms with E-state index in [2.05, 4.69) is 41.3 Å². The number of carbonyl (C=O) groups excluding carboxylic acids is 1. The van der Waals surface area contributed by atoms with Crippen LogP contribution in [0.4, 0.5) is 11.5 Å². The van der Waals surface area contributed by atoms with Crippen LogP contribution in [0.3, 0.4) is 0 Å². The molecule has 14 heteroatoms. The lowest BCUT2D eigenvalue weighted by atomic mass is 10.2. The van der Waals surface area contributed by atoms with Crippen molar-refractivity contribution in [3.05, 3.63) is 58.6 Å². The molecule has 1 amide bonds. The van der Waals surface area contributed by atoms with Gasteiger partial charge < -0.3 is 19.5 Å². The van der Waals surface area contributed by atoms with E-state index in [0.29, 0.717) is 21.5 Å². The molecule has 35 heavy (non-hydrogen) atoms. The van der Waals surface area contributed by atoms with Crippen molar-refractivity contribution in [1.82, 2.24) is 15.3 Å². The van der Waals surface area contributed by atoms with Gasteiger partial charge in [-0.15, -0.1) is 0 Å². The first-order chi connectivity index (χ1) is 16.6. The molecule has 0 atom stereocenters. The average molecular weight is 582 g/mol. The maximum atomic E-state index is 12.7. The number of thiocarbonyl (C=S) groups is 1. The molecule has 0 unspecified atom stereocenters. The molecule has 0 aliphatic rings. The molecule has 3 N–H and O–H groups in total. The Morgan fingerprint density at radius 3 is 2.29 bits per heavy atom. The number of hydrogen-bond acceptors (Lipinski definition) is 9. The fourth-order valence-electron chi connectivity index (χ4n) is 2.71. The van der Waals surface area contributed by atoms with Gasteiger partial charge in [-0.2, -0.15) is 9.97 Å². The molecule has 3 aromatic rings.